The van der Waals surface area contributed by atoms with Gasteiger partial charge in [-0.2, -0.15) is 5.10 Å². The van der Waals surface area contributed by atoms with Gasteiger partial charge in [-0.25, -0.2) is 9.97 Å². The minimum absolute atomic E-state index is 0.274. The summed E-state index contributed by atoms with van der Waals surface area (Å²) in [6.45, 7) is 18.3. The number of aryl methyl sites for hydroxylation is 2. The zero-order valence-electron chi connectivity index (χ0n) is 25.7. The molecule has 224 valence electrons. The van der Waals surface area contributed by atoms with Gasteiger partial charge in [0.2, 0.25) is 0 Å². The summed E-state index contributed by atoms with van der Waals surface area (Å²) in [5, 5.41) is 20.0. The van der Waals surface area contributed by atoms with E-state index in [0.29, 0.717) is 5.92 Å². The van der Waals surface area contributed by atoms with Crippen LogP contribution in [0.15, 0.2) is 43.6 Å². The highest BCUT2D eigenvalue weighted by Crippen LogP contribution is 2.45. The second-order valence-electron chi connectivity index (χ2n) is 13.2. The second-order valence-corrected chi connectivity index (χ2v) is 13.2. The fourth-order valence-corrected chi connectivity index (χ4v) is 7.76. The molecular formula is C35H43N7O. The molecule has 8 heteroatoms. The monoisotopic (exact) mass is 577 g/mol. The third kappa shape index (κ3) is 4.76. The molecule has 1 atom stereocenters. The summed E-state index contributed by atoms with van der Waals surface area (Å²) in [5.41, 5.74) is 8.20. The van der Waals surface area contributed by atoms with Crippen LogP contribution in [-0.4, -0.2) is 87.6 Å². The lowest BCUT2D eigenvalue weighted by molar-refractivity contribution is -0.0982. The van der Waals surface area contributed by atoms with Crippen LogP contribution in [0, 0.1) is 19.3 Å². The van der Waals surface area contributed by atoms with Crippen LogP contribution in [0.1, 0.15) is 54.1 Å². The lowest BCUT2D eigenvalue weighted by Gasteiger charge is -2.55. The van der Waals surface area contributed by atoms with E-state index in [-0.39, 0.29) is 5.41 Å². The average Bonchev–Trinajstić information content (AvgIpc) is 3.49. The number of aliphatic hydroxyl groups is 1. The van der Waals surface area contributed by atoms with Crippen molar-refractivity contribution >= 4 is 33.7 Å². The number of aromatic nitrogens is 4. The van der Waals surface area contributed by atoms with Crippen molar-refractivity contribution in [2.24, 2.45) is 5.41 Å². The molecule has 8 nitrogen and oxygen atoms in total. The minimum Gasteiger partial charge on any atom is -0.375 e. The van der Waals surface area contributed by atoms with Gasteiger partial charge in [0.05, 0.1) is 17.2 Å². The predicted octanol–water partition coefficient (Wildman–Crippen LogP) is 5.65. The van der Waals surface area contributed by atoms with Crippen molar-refractivity contribution in [3.63, 3.8) is 0 Å². The van der Waals surface area contributed by atoms with E-state index in [1.54, 1.807) is 6.08 Å². The van der Waals surface area contributed by atoms with E-state index < -0.39 is 6.23 Å². The lowest BCUT2D eigenvalue weighted by atomic mass is 9.72. The summed E-state index contributed by atoms with van der Waals surface area (Å²) in [6.07, 6.45) is 9.34. The van der Waals surface area contributed by atoms with Crippen LogP contribution in [0.25, 0.3) is 39.0 Å². The molecule has 2 aromatic heterocycles. The Morgan fingerprint density at radius 2 is 1.77 bits per heavy atom. The van der Waals surface area contributed by atoms with Crippen LogP contribution in [0.5, 0.6) is 0 Å². The highest BCUT2D eigenvalue weighted by Gasteiger charge is 2.46. The maximum Gasteiger partial charge on any atom is 0.140 e. The summed E-state index contributed by atoms with van der Waals surface area (Å²) in [4.78, 5) is 17.8. The van der Waals surface area contributed by atoms with Gasteiger partial charge in [-0.15, -0.1) is 0 Å². The Kier molecular flexibility index (Phi) is 7.11. The van der Waals surface area contributed by atoms with Gasteiger partial charge in [-0.1, -0.05) is 25.3 Å². The van der Waals surface area contributed by atoms with Crippen molar-refractivity contribution in [1.29, 1.82) is 0 Å². The van der Waals surface area contributed by atoms with Gasteiger partial charge in [0.15, 0.2) is 0 Å². The second kappa shape index (κ2) is 10.8. The van der Waals surface area contributed by atoms with Crippen LogP contribution in [0.3, 0.4) is 0 Å². The summed E-state index contributed by atoms with van der Waals surface area (Å²) >= 11 is 0. The molecule has 3 saturated heterocycles. The van der Waals surface area contributed by atoms with Gasteiger partial charge in [0.1, 0.15) is 17.9 Å². The Morgan fingerprint density at radius 3 is 2.47 bits per heavy atom. The minimum atomic E-state index is -0.544. The molecule has 3 fully saturated rings. The molecule has 0 bridgehead atoms. The molecule has 1 spiro atoms. The Morgan fingerprint density at radius 1 is 1.02 bits per heavy atom. The topological polar surface area (TPSA) is 84.4 Å². The van der Waals surface area contributed by atoms with Gasteiger partial charge < -0.3 is 14.9 Å². The molecule has 5 heterocycles. The van der Waals surface area contributed by atoms with Gasteiger partial charge in [-0.05, 0) is 111 Å². The Balaban J connectivity index is 1.34. The number of nitrogens with one attached hydrogen (secondary N) is 1. The average molecular weight is 578 g/mol. The van der Waals surface area contributed by atoms with E-state index >= 15 is 0 Å². The van der Waals surface area contributed by atoms with E-state index in [2.05, 4.69) is 77.1 Å². The lowest BCUT2D eigenvalue weighted by Crippen LogP contribution is -2.62. The van der Waals surface area contributed by atoms with Crippen LogP contribution in [-0.2, 0) is 0 Å². The maximum absolute atomic E-state index is 10.2. The first-order valence-electron chi connectivity index (χ1n) is 15.7. The largest absolute Gasteiger partial charge is 0.375 e. The standard InChI is InChI=1S/C35H43N7O/c1-6-24-18-26-32(23(4)31(24)30-22(3)8-9-28-27(30)19-36-39-28)37-33(25-10-14-40(5)15-11-25)38-34(26)41-16-12-35(13-17-41)20-42(21-35)29(43)7-2/h6-9,18-19,25,29,43H,1-2,10-17,20-21H2,3-5H3,(H,36,39). The van der Waals surface area contributed by atoms with Crippen molar-refractivity contribution in [2.45, 2.75) is 51.7 Å². The molecule has 0 amide bonds. The molecule has 1 unspecified atom stereocenters. The van der Waals surface area contributed by atoms with E-state index in [4.69, 9.17) is 9.97 Å². The molecule has 0 aliphatic carbocycles. The normalized spacial score (nSPS) is 20.5. The van der Waals surface area contributed by atoms with E-state index in [1.165, 1.54) is 22.3 Å². The van der Waals surface area contributed by atoms with Crippen LogP contribution in [0.2, 0.25) is 0 Å². The number of hydrogen-bond acceptors (Lipinski definition) is 7. The fraction of sp³-hybridized carbons (Fsp3) is 0.457. The number of likely N-dealkylation sites (tertiary alicyclic amines) is 2. The number of hydrogen-bond donors (Lipinski definition) is 2. The number of benzene rings is 2. The van der Waals surface area contributed by atoms with Crippen molar-refractivity contribution in [2.75, 3.05) is 51.2 Å². The molecule has 7 rings (SSSR count). The highest BCUT2D eigenvalue weighted by atomic mass is 16.3. The number of aromatic amines is 1. The Bertz CT molecular complexity index is 1700. The zero-order valence-corrected chi connectivity index (χ0v) is 25.7. The number of nitrogens with zero attached hydrogens (tertiary/aromatic N) is 6. The molecule has 0 radical (unpaired) electrons. The number of rotatable bonds is 6. The summed E-state index contributed by atoms with van der Waals surface area (Å²) in [7, 11) is 2.20. The first-order valence-corrected chi connectivity index (χ1v) is 15.7. The van der Waals surface area contributed by atoms with Crippen molar-refractivity contribution in [3.05, 3.63) is 66.1 Å². The van der Waals surface area contributed by atoms with Crippen LogP contribution < -0.4 is 4.90 Å². The molecule has 3 aliphatic heterocycles. The molecule has 43 heavy (non-hydrogen) atoms. The van der Waals surface area contributed by atoms with E-state index in [0.717, 1.165) is 104 Å². The molecule has 4 aromatic rings. The number of piperidine rings is 2. The zero-order chi connectivity index (χ0) is 29.9. The smallest absolute Gasteiger partial charge is 0.140 e. The summed E-state index contributed by atoms with van der Waals surface area (Å²) in [6, 6.07) is 6.54. The fourth-order valence-electron chi connectivity index (χ4n) is 7.76. The van der Waals surface area contributed by atoms with Gasteiger partial charge >= 0.3 is 0 Å². The van der Waals surface area contributed by atoms with Crippen molar-refractivity contribution in [3.8, 4) is 11.1 Å². The number of anilines is 1. The quantitative estimate of drug-likeness (QED) is 0.287. The van der Waals surface area contributed by atoms with E-state index in [9.17, 15) is 5.11 Å². The first kappa shape index (κ1) is 28.2. The third-order valence-electron chi connectivity index (χ3n) is 10.4. The molecule has 3 aliphatic rings. The SMILES string of the molecule is C=Cc1cc2c(N3CCC4(CC3)CN(C(O)C=C)C4)nc(C3CCN(C)CC3)nc2c(C)c1-c1c(C)ccc2[nH]ncc12. The Labute approximate surface area is 254 Å². The van der Waals surface area contributed by atoms with Crippen LogP contribution in [0.4, 0.5) is 5.82 Å². The maximum atomic E-state index is 10.2. The van der Waals surface area contributed by atoms with Crippen molar-refractivity contribution < 1.29 is 5.11 Å². The molecule has 0 saturated carbocycles. The third-order valence-corrected chi connectivity index (χ3v) is 10.4. The van der Waals surface area contributed by atoms with Gasteiger partial charge in [0.25, 0.3) is 0 Å². The van der Waals surface area contributed by atoms with E-state index in [1.807, 2.05) is 12.3 Å². The molecule has 2 aromatic carbocycles. The number of fused-ring (bicyclic) bond motifs is 2. The number of H-pyrrole nitrogens is 1. The van der Waals surface area contributed by atoms with Crippen LogP contribution >= 0.6 is 0 Å². The van der Waals surface area contributed by atoms with Gasteiger partial charge in [-0.3, -0.25) is 10.00 Å². The van der Waals surface area contributed by atoms with Gasteiger partial charge in [0, 0.05) is 42.9 Å². The molecule has 2 N–H and O–H groups in total. The predicted molar refractivity (Wildman–Crippen MR) is 175 cm³/mol. The Hall–Kier alpha value is -3.59. The van der Waals surface area contributed by atoms with Crippen molar-refractivity contribution in [1.82, 2.24) is 30.0 Å². The summed E-state index contributed by atoms with van der Waals surface area (Å²) < 4.78 is 0. The highest BCUT2D eigenvalue weighted by molar-refractivity contribution is 6.05. The molecular weight excluding hydrogens is 534 g/mol. The number of aliphatic hydroxyl groups excluding tert-OH is 1. The first-order chi connectivity index (χ1) is 20.8. The summed E-state index contributed by atoms with van der Waals surface area (Å²) in [5.74, 6) is 2.41.